The fourth-order valence-corrected chi connectivity index (χ4v) is 5.10. The standard InChI is InChI=1S/C18H20N2O2S2/c1-5-20-16-11-13(3)10-14(4)17(16)23-18(20)19-24(21,22)15-8-6-12(2)7-9-15/h6-11H,5H2,1-4H3/b19-18-. The SMILES string of the molecule is CCn1/c(=N/S(=O)(=O)c2ccc(C)cc2)sc2c(C)cc(C)cc21. The number of benzene rings is 2. The lowest BCUT2D eigenvalue weighted by atomic mass is 10.1. The molecule has 6 heteroatoms. The van der Waals surface area contributed by atoms with Gasteiger partial charge in [-0.1, -0.05) is 35.1 Å². The van der Waals surface area contributed by atoms with Crippen molar-refractivity contribution in [2.24, 2.45) is 4.40 Å². The molecule has 3 rings (SSSR count). The van der Waals surface area contributed by atoms with Crippen LogP contribution in [-0.2, 0) is 16.6 Å². The van der Waals surface area contributed by atoms with Crippen LogP contribution in [0.25, 0.3) is 10.2 Å². The summed E-state index contributed by atoms with van der Waals surface area (Å²) < 4.78 is 32.4. The second-order valence-corrected chi connectivity index (χ2v) is 8.52. The highest BCUT2D eigenvalue weighted by Gasteiger charge is 2.15. The number of thiazole rings is 1. The molecule has 0 N–H and O–H groups in total. The zero-order valence-electron chi connectivity index (χ0n) is 14.2. The minimum Gasteiger partial charge on any atom is -0.316 e. The summed E-state index contributed by atoms with van der Waals surface area (Å²) in [5.41, 5.74) is 4.36. The summed E-state index contributed by atoms with van der Waals surface area (Å²) in [7, 11) is -3.72. The number of aromatic nitrogens is 1. The van der Waals surface area contributed by atoms with Crippen LogP contribution in [0.15, 0.2) is 45.7 Å². The van der Waals surface area contributed by atoms with Crippen molar-refractivity contribution in [3.63, 3.8) is 0 Å². The molecule has 0 amide bonds. The van der Waals surface area contributed by atoms with Crippen molar-refractivity contribution in [3.05, 3.63) is 57.9 Å². The molecule has 0 spiro atoms. The molecule has 3 aromatic rings. The van der Waals surface area contributed by atoms with Gasteiger partial charge in [0, 0.05) is 6.54 Å². The lowest BCUT2D eigenvalue weighted by molar-refractivity contribution is 0.595. The molecule has 24 heavy (non-hydrogen) atoms. The Labute approximate surface area is 146 Å². The summed E-state index contributed by atoms with van der Waals surface area (Å²) in [4.78, 5) is 0.739. The highest BCUT2D eigenvalue weighted by molar-refractivity contribution is 7.90. The maximum absolute atomic E-state index is 12.6. The van der Waals surface area contributed by atoms with Crippen molar-refractivity contribution in [1.82, 2.24) is 4.57 Å². The highest BCUT2D eigenvalue weighted by atomic mass is 32.2. The molecule has 126 valence electrons. The highest BCUT2D eigenvalue weighted by Crippen LogP contribution is 2.24. The van der Waals surface area contributed by atoms with Crippen LogP contribution in [0.1, 0.15) is 23.6 Å². The first-order chi connectivity index (χ1) is 11.3. The van der Waals surface area contributed by atoms with E-state index >= 15 is 0 Å². The van der Waals surface area contributed by atoms with E-state index in [1.807, 2.05) is 32.3 Å². The minimum atomic E-state index is -3.72. The molecule has 0 saturated carbocycles. The average Bonchev–Trinajstić information content (AvgIpc) is 2.84. The number of aryl methyl sites for hydroxylation is 4. The molecule has 1 heterocycles. The fourth-order valence-electron chi connectivity index (χ4n) is 2.75. The van der Waals surface area contributed by atoms with Gasteiger partial charge in [-0.2, -0.15) is 8.42 Å². The van der Waals surface area contributed by atoms with Gasteiger partial charge in [0.15, 0.2) is 0 Å². The van der Waals surface area contributed by atoms with E-state index in [-0.39, 0.29) is 4.90 Å². The van der Waals surface area contributed by atoms with Crippen LogP contribution in [-0.4, -0.2) is 13.0 Å². The second kappa shape index (κ2) is 6.18. The Hall–Kier alpha value is -1.92. The van der Waals surface area contributed by atoms with Crippen molar-refractivity contribution < 1.29 is 8.42 Å². The van der Waals surface area contributed by atoms with Gasteiger partial charge < -0.3 is 4.57 Å². The summed E-state index contributed by atoms with van der Waals surface area (Å²) in [6.45, 7) is 8.69. The van der Waals surface area contributed by atoms with Gasteiger partial charge in [-0.3, -0.25) is 0 Å². The van der Waals surface area contributed by atoms with Crippen molar-refractivity contribution in [2.45, 2.75) is 39.1 Å². The van der Waals surface area contributed by atoms with Gasteiger partial charge in [-0.15, -0.1) is 4.40 Å². The summed E-state index contributed by atoms with van der Waals surface area (Å²) in [5.74, 6) is 0. The average molecular weight is 361 g/mol. The molecule has 0 unspecified atom stereocenters. The molecule has 0 aliphatic rings. The lowest BCUT2D eigenvalue weighted by Gasteiger charge is -2.03. The van der Waals surface area contributed by atoms with Crippen LogP contribution in [0.2, 0.25) is 0 Å². The molecule has 0 aliphatic heterocycles. The van der Waals surface area contributed by atoms with Crippen molar-refractivity contribution in [2.75, 3.05) is 0 Å². The summed E-state index contributed by atoms with van der Waals surface area (Å²) in [6.07, 6.45) is 0. The largest absolute Gasteiger partial charge is 0.316 e. The Morgan fingerprint density at radius 3 is 2.33 bits per heavy atom. The third-order valence-corrected chi connectivity index (χ3v) is 6.57. The smallest absolute Gasteiger partial charge is 0.285 e. The quantitative estimate of drug-likeness (QED) is 0.710. The van der Waals surface area contributed by atoms with E-state index in [4.69, 9.17) is 0 Å². The minimum absolute atomic E-state index is 0.223. The maximum atomic E-state index is 12.6. The van der Waals surface area contributed by atoms with Crippen LogP contribution in [0.3, 0.4) is 0 Å². The van der Waals surface area contributed by atoms with Crippen LogP contribution in [0.4, 0.5) is 0 Å². The summed E-state index contributed by atoms with van der Waals surface area (Å²) >= 11 is 1.43. The zero-order valence-corrected chi connectivity index (χ0v) is 15.8. The first kappa shape index (κ1) is 16.9. The maximum Gasteiger partial charge on any atom is 0.285 e. The van der Waals surface area contributed by atoms with Gasteiger partial charge in [0.25, 0.3) is 10.0 Å². The van der Waals surface area contributed by atoms with Crippen molar-refractivity contribution in [1.29, 1.82) is 0 Å². The molecule has 0 saturated heterocycles. The van der Waals surface area contributed by atoms with E-state index in [0.29, 0.717) is 11.3 Å². The first-order valence-corrected chi connectivity index (χ1v) is 10.1. The van der Waals surface area contributed by atoms with Gasteiger partial charge in [0.1, 0.15) is 0 Å². The number of rotatable bonds is 3. The summed E-state index contributed by atoms with van der Waals surface area (Å²) in [6, 6.07) is 11.0. The predicted molar refractivity (Wildman–Crippen MR) is 98.9 cm³/mol. The lowest BCUT2D eigenvalue weighted by Crippen LogP contribution is -2.16. The van der Waals surface area contributed by atoms with Crippen molar-refractivity contribution in [3.8, 4) is 0 Å². The number of fused-ring (bicyclic) bond motifs is 1. The van der Waals surface area contributed by atoms with E-state index in [1.165, 1.54) is 11.3 Å². The second-order valence-electron chi connectivity index (χ2n) is 5.94. The molecule has 4 nitrogen and oxygen atoms in total. The molecule has 1 aromatic heterocycles. The van der Waals surface area contributed by atoms with Crippen LogP contribution in [0.5, 0.6) is 0 Å². The van der Waals surface area contributed by atoms with Crippen LogP contribution in [0, 0.1) is 20.8 Å². The van der Waals surface area contributed by atoms with Crippen molar-refractivity contribution >= 4 is 31.6 Å². The van der Waals surface area contributed by atoms with Gasteiger partial charge in [-0.25, -0.2) is 0 Å². The summed E-state index contributed by atoms with van der Waals surface area (Å²) in [5, 5.41) is 0. The third-order valence-electron chi connectivity index (χ3n) is 3.95. The number of hydrogen-bond donors (Lipinski definition) is 0. The van der Waals surface area contributed by atoms with Crippen LogP contribution >= 0.6 is 11.3 Å². The molecular formula is C18H20N2O2S2. The molecule has 2 aromatic carbocycles. The zero-order chi connectivity index (χ0) is 17.5. The Balaban J connectivity index is 2.27. The van der Waals surface area contributed by atoms with Crippen LogP contribution < -0.4 is 4.80 Å². The van der Waals surface area contributed by atoms with E-state index in [0.717, 1.165) is 26.9 Å². The number of sulfonamides is 1. The van der Waals surface area contributed by atoms with E-state index in [1.54, 1.807) is 24.3 Å². The topological polar surface area (TPSA) is 51.4 Å². The molecule has 0 bridgehead atoms. The molecular weight excluding hydrogens is 340 g/mol. The van der Waals surface area contributed by atoms with E-state index in [9.17, 15) is 8.42 Å². The van der Waals surface area contributed by atoms with Gasteiger partial charge in [0.05, 0.1) is 15.1 Å². The number of nitrogens with zero attached hydrogens (tertiary/aromatic N) is 2. The third kappa shape index (κ3) is 3.03. The Kier molecular flexibility index (Phi) is 4.36. The Morgan fingerprint density at radius 2 is 1.71 bits per heavy atom. The van der Waals surface area contributed by atoms with Gasteiger partial charge >= 0.3 is 0 Å². The van der Waals surface area contributed by atoms with E-state index in [2.05, 4.69) is 16.5 Å². The Bertz CT molecular complexity index is 1070. The fraction of sp³-hybridized carbons (Fsp3) is 0.278. The molecule has 0 atom stereocenters. The van der Waals surface area contributed by atoms with Gasteiger partial charge in [0.2, 0.25) is 4.80 Å². The Morgan fingerprint density at radius 1 is 1.04 bits per heavy atom. The predicted octanol–water partition coefficient (Wildman–Crippen LogP) is 3.94. The molecule has 0 radical (unpaired) electrons. The van der Waals surface area contributed by atoms with E-state index < -0.39 is 10.0 Å². The normalized spacial score (nSPS) is 12.9. The molecule has 0 aliphatic carbocycles. The monoisotopic (exact) mass is 360 g/mol. The number of hydrogen-bond acceptors (Lipinski definition) is 3. The molecule has 0 fully saturated rings. The first-order valence-electron chi connectivity index (χ1n) is 7.80. The van der Waals surface area contributed by atoms with Gasteiger partial charge in [-0.05, 0) is 57.0 Å².